The third-order valence-corrected chi connectivity index (χ3v) is 3.18. The SMILES string of the molecule is COc1ccc(NC2=CC(N)(C(C)C)N=CN2)cc1. The first kappa shape index (κ1) is 13.4. The number of rotatable bonds is 4. The Labute approximate surface area is 113 Å². The fourth-order valence-electron chi connectivity index (χ4n) is 1.74. The van der Waals surface area contributed by atoms with E-state index < -0.39 is 5.66 Å². The van der Waals surface area contributed by atoms with Crippen molar-refractivity contribution >= 4 is 12.0 Å². The molecule has 0 saturated heterocycles. The molecule has 0 fully saturated rings. The molecule has 1 aromatic carbocycles. The van der Waals surface area contributed by atoms with Crippen LogP contribution in [0.3, 0.4) is 0 Å². The molecule has 0 bridgehead atoms. The Balaban J connectivity index is 2.12. The molecule has 0 aromatic heterocycles. The van der Waals surface area contributed by atoms with Gasteiger partial charge in [-0.15, -0.1) is 0 Å². The molecule has 1 aliphatic heterocycles. The Morgan fingerprint density at radius 2 is 2.00 bits per heavy atom. The summed E-state index contributed by atoms with van der Waals surface area (Å²) in [5.74, 6) is 1.88. The molecule has 1 aliphatic rings. The van der Waals surface area contributed by atoms with Crippen LogP contribution in [0, 0.1) is 5.92 Å². The zero-order valence-electron chi connectivity index (χ0n) is 11.5. The van der Waals surface area contributed by atoms with Gasteiger partial charge < -0.3 is 21.1 Å². The summed E-state index contributed by atoms with van der Waals surface area (Å²) in [5, 5.41) is 6.32. The Hall–Kier alpha value is -2.01. The average molecular weight is 260 g/mol. The van der Waals surface area contributed by atoms with E-state index in [4.69, 9.17) is 10.5 Å². The Kier molecular flexibility index (Phi) is 3.76. The van der Waals surface area contributed by atoms with E-state index in [1.54, 1.807) is 13.4 Å². The fraction of sp³-hybridized carbons (Fsp3) is 0.357. The van der Waals surface area contributed by atoms with Crippen LogP contribution < -0.4 is 21.1 Å². The van der Waals surface area contributed by atoms with Crippen molar-refractivity contribution in [1.29, 1.82) is 0 Å². The van der Waals surface area contributed by atoms with Gasteiger partial charge in [-0.2, -0.15) is 0 Å². The first-order chi connectivity index (χ1) is 9.03. The number of hydrogen-bond donors (Lipinski definition) is 3. The second kappa shape index (κ2) is 5.32. The normalized spacial score (nSPS) is 21.8. The number of nitrogens with one attached hydrogen (secondary N) is 2. The molecule has 1 atom stereocenters. The van der Waals surface area contributed by atoms with Gasteiger partial charge in [0, 0.05) is 5.69 Å². The molecule has 5 nitrogen and oxygen atoms in total. The highest BCUT2D eigenvalue weighted by atomic mass is 16.5. The molecule has 0 saturated carbocycles. The number of aliphatic imine (C=N–C) groups is 1. The molecule has 5 heteroatoms. The van der Waals surface area contributed by atoms with Crippen LogP contribution in [0.15, 0.2) is 41.2 Å². The summed E-state index contributed by atoms with van der Waals surface area (Å²) in [6, 6.07) is 7.69. The summed E-state index contributed by atoms with van der Waals surface area (Å²) >= 11 is 0. The fourth-order valence-corrected chi connectivity index (χ4v) is 1.74. The number of nitrogens with two attached hydrogens (primary N) is 1. The van der Waals surface area contributed by atoms with E-state index in [9.17, 15) is 0 Å². The van der Waals surface area contributed by atoms with Crippen molar-refractivity contribution in [3.63, 3.8) is 0 Å². The molecule has 1 unspecified atom stereocenters. The minimum atomic E-state index is -0.667. The van der Waals surface area contributed by atoms with E-state index in [1.165, 1.54) is 0 Å². The number of methoxy groups -OCH3 is 1. The zero-order chi connectivity index (χ0) is 13.9. The Morgan fingerprint density at radius 3 is 2.58 bits per heavy atom. The summed E-state index contributed by atoms with van der Waals surface area (Å²) in [6.07, 6.45) is 3.54. The molecule has 4 N–H and O–H groups in total. The highest BCUT2D eigenvalue weighted by Gasteiger charge is 2.28. The predicted octanol–water partition coefficient (Wildman–Crippen LogP) is 1.89. The Bertz CT molecular complexity index is 493. The summed E-state index contributed by atoms with van der Waals surface area (Å²) < 4.78 is 5.12. The number of hydrogen-bond acceptors (Lipinski definition) is 5. The second-order valence-electron chi connectivity index (χ2n) is 4.86. The van der Waals surface area contributed by atoms with Crippen LogP contribution in [-0.2, 0) is 0 Å². The van der Waals surface area contributed by atoms with E-state index >= 15 is 0 Å². The lowest BCUT2D eigenvalue weighted by atomic mass is 9.96. The minimum Gasteiger partial charge on any atom is -0.497 e. The highest BCUT2D eigenvalue weighted by Crippen LogP contribution is 2.22. The topological polar surface area (TPSA) is 71.7 Å². The van der Waals surface area contributed by atoms with Crippen LogP contribution in [0.5, 0.6) is 5.75 Å². The van der Waals surface area contributed by atoms with Gasteiger partial charge in [0.2, 0.25) is 0 Å². The molecule has 102 valence electrons. The molecular weight excluding hydrogens is 240 g/mol. The van der Waals surface area contributed by atoms with Gasteiger partial charge in [0.05, 0.1) is 13.4 Å². The maximum absolute atomic E-state index is 6.22. The lowest BCUT2D eigenvalue weighted by molar-refractivity contribution is 0.395. The van der Waals surface area contributed by atoms with Crippen LogP contribution >= 0.6 is 0 Å². The van der Waals surface area contributed by atoms with E-state index in [0.717, 1.165) is 17.3 Å². The van der Waals surface area contributed by atoms with Gasteiger partial charge in [0.15, 0.2) is 0 Å². The molecule has 1 aromatic rings. The van der Waals surface area contributed by atoms with Gasteiger partial charge in [-0.25, -0.2) is 4.99 Å². The van der Waals surface area contributed by atoms with Crippen molar-refractivity contribution in [2.45, 2.75) is 19.5 Å². The van der Waals surface area contributed by atoms with Crippen molar-refractivity contribution in [1.82, 2.24) is 5.32 Å². The van der Waals surface area contributed by atoms with E-state index in [1.807, 2.05) is 44.2 Å². The third kappa shape index (κ3) is 3.06. The van der Waals surface area contributed by atoms with Crippen molar-refractivity contribution in [3.05, 3.63) is 36.2 Å². The van der Waals surface area contributed by atoms with E-state index in [-0.39, 0.29) is 5.92 Å². The molecular formula is C14H20N4O. The summed E-state index contributed by atoms with van der Waals surface area (Å²) in [5.41, 5.74) is 6.51. The third-order valence-electron chi connectivity index (χ3n) is 3.18. The summed E-state index contributed by atoms with van der Waals surface area (Å²) in [7, 11) is 1.65. The van der Waals surface area contributed by atoms with Crippen LogP contribution in [0.4, 0.5) is 5.69 Å². The van der Waals surface area contributed by atoms with Crippen LogP contribution in [-0.4, -0.2) is 19.1 Å². The first-order valence-electron chi connectivity index (χ1n) is 6.26. The monoisotopic (exact) mass is 260 g/mol. The van der Waals surface area contributed by atoms with Gasteiger partial charge in [0.25, 0.3) is 0 Å². The van der Waals surface area contributed by atoms with Gasteiger partial charge in [-0.1, -0.05) is 13.8 Å². The van der Waals surface area contributed by atoms with Gasteiger partial charge in [-0.3, -0.25) is 0 Å². The first-order valence-corrected chi connectivity index (χ1v) is 6.26. The molecule has 0 aliphatic carbocycles. The highest BCUT2D eigenvalue weighted by molar-refractivity contribution is 5.64. The second-order valence-corrected chi connectivity index (χ2v) is 4.86. The van der Waals surface area contributed by atoms with Crippen molar-refractivity contribution in [2.75, 3.05) is 12.4 Å². The van der Waals surface area contributed by atoms with Gasteiger partial charge in [0.1, 0.15) is 17.2 Å². The molecule has 19 heavy (non-hydrogen) atoms. The van der Waals surface area contributed by atoms with E-state index in [0.29, 0.717) is 0 Å². The van der Waals surface area contributed by atoms with Gasteiger partial charge in [-0.05, 0) is 36.3 Å². The smallest absolute Gasteiger partial charge is 0.134 e. The number of ether oxygens (including phenoxy) is 1. The number of benzene rings is 1. The molecule has 1 heterocycles. The molecule has 2 rings (SSSR count). The van der Waals surface area contributed by atoms with Gasteiger partial charge >= 0.3 is 0 Å². The quantitative estimate of drug-likeness (QED) is 0.773. The number of nitrogens with zero attached hydrogens (tertiary/aromatic N) is 1. The Morgan fingerprint density at radius 1 is 1.32 bits per heavy atom. The summed E-state index contributed by atoms with van der Waals surface area (Å²) in [4.78, 5) is 4.29. The zero-order valence-corrected chi connectivity index (χ0v) is 11.5. The lowest BCUT2D eigenvalue weighted by Gasteiger charge is -2.30. The van der Waals surface area contributed by atoms with E-state index in [2.05, 4.69) is 15.6 Å². The minimum absolute atomic E-state index is 0.221. The molecule has 0 spiro atoms. The predicted molar refractivity (Wildman–Crippen MR) is 78.1 cm³/mol. The van der Waals surface area contributed by atoms with Crippen molar-refractivity contribution in [3.8, 4) is 5.75 Å². The van der Waals surface area contributed by atoms with Crippen LogP contribution in [0.1, 0.15) is 13.8 Å². The standard InChI is InChI=1S/C14H20N4O/c1-10(2)14(15)8-13(16-9-17-14)18-11-4-6-12(19-3)7-5-11/h4-10,18H,15H2,1-3H3,(H,16,17). The van der Waals surface area contributed by atoms with Crippen molar-refractivity contribution < 1.29 is 4.74 Å². The summed E-state index contributed by atoms with van der Waals surface area (Å²) in [6.45, 7) is 4.09. The lowest BCUT2D eigenvalue weighted by Crippen LogP contribution is -2.45. The molecule has 0 radical (unpaired) electrons. The number of anilines is 1. The molecule has 0 amide bonds. The average Bonchev–Trinajstić information content (AvgIpc) is 2.39. The maximum atomic E-state index is 6.22. The largest absolute Gasteiger partial charge is 0.497 e. The van der Waals surface area contributed by atoms with Crippen LogP contribution in [0.25, 0.3) is 0 Å². The maximum Gasteiger partial charge on any atom is 0.134 e. The van der Waals surface area contributed by atoms with Crippen molar-refractivity contribution in [2.24, 2.45) is 16.6 Å². The van der Waals surface area contributed by atoms with Crippen LogP contribution in [0.2, 0.25) is 0 Å².